The second-order valence-corrected chi connectivity index (χ2v) is 11.1. The number of alkyl halides is 3. The maximum atomic E-state index is 13.1. The topological polar surface area (TPSA) is 39.1 Å². The summed E-state index contributed by atoms with van der Waals surface area (Å²) >= 11 is 4.46. The molecular weight excluding hydrogens is 566 g/mol. The van der Waals surface area contributed by atoms with Crippen molar-refractivity contribution in [2.45, 2.75) is 16.9 Å². The van der Waals surface area contributed by atoms with Crippen molar-refractivity contribution in [1.82, 2.24) is 3.97 Å². The Hall–Kier alpha value is -0.801. The predicted octanol–water partition coefficient (Wildman–Crippen LogP) is 4.56. The van der Waals surface area contributed by atoms with Crippen LogP contribution >= 0.6 is 31.9 Å². The first-order chi connectivity index (χ1) is 12.0. The third-order valence-corrected chi connectivity index (χ3v) is 9.14. The minimum absolute atomic E-state index is 0.00624. The van der Waals surface area contributed by atoms with Crippen molar-refractivity contribution in [3.8, 4) is 0 Å². The molecule has 0 saturated carbocycles. The van der Waals surface area contributed by atoms with Gasteiger partial charge in [-0.05, 0) is 0 Å². The van der Waals surface area contributed by atoms with Crippen molar-refractivity contribution in [1.29, 1.82) is 0 Å². The van der Waals surface area contributed by atoms with E-state index in [0.717, 1.165) is 9.54 Å². The van der Waals surface area contributed by atoms with E-state index in [2.05, 4.69) is 31.9 Å². The van der Waals surface area contributed by atoms with Gasteiger partial charge < -0.3 is 0 Å². The zero-order chi connectivity index (χ0) is 19.3. The first kappa shape index (κ1) is 19.9. The van der Waals surface area contributed by atoms with Gasteiger partial charge in [-0.2, -0.15) is 0 Å². The fourth-order valence-electron chi connectivity index (χ4n) is 2.44. The Kier molecular flexibility index (Phi) is 5.35. The number of rotatable bonds is 3. The van der Waals surface area contributed by atoms with Crippen LogP contribution in [0, 0.1) is 6.92 Å². The molecular formula is C16H10Br2F3NO2SSe. The summed E-state index contributed by atoms with van der Waals surface area (Å²) in [6.45, 7) is 1.82. The predicted molar refractivity (Wildman–Crippen MR) is 103 cm³/mol. The average molecular weight is 576 g/mol. The molecule has 3 nitrogen and oxygen atoms in total. The monoisotopic (exact) mass is 575 g/mol. The number of hydrogen-bond donors (Lipinski definition) is 0. The molecule has 0 bridgehead atoms. The molecule has 0 aliphatic carbocycles. The van der Waals surface area contributed by atoms with Gasteiger partial charge in [0.15, 0.2) is 0 Å². The molecule has 0 aliphatic rings. The van der Waals surface area contributed by atoms with Gasteiger partial charge in [-0.1, -0.05) is 0 Å². The Morgan fingerprint density at radius 2 is 1.65 bits per heavy atom. The second kappa shape index (κ2) is 6.98. The SMILES string of the molecule is Cc1ccc(S(=O)(=O)n2c(Br)c([Se]C(F)(F)F)c3ccc(Br)cc32)cc1. The zero-order valence-corrected chi connectivity index (χ0v) is 18.7. The Morgan fingerprint density at radius 1 is 1.04 bits per heavy atom. The summed E-state index contributed by atoms with van der Waals surface area (Å²) in [6.07, 6.45) is 0. The molecule has 1 aromatic heterocycles. The van der Waals surface area contributed by atoms with Crippen LogP contribution in [0.1, 0.15) is 5.56 Å². The summed E-state index contributed by atoms with van der Waals surface area (Å²) in [4.78, 5) is 0.00624. The molecule has 3 aromatic rings. The van der Waals surface area contributed by atoms with E-state index >= 15 is 0 Å². The van der Waals surface area contributed by atoms with Crippen LogP contribution in [-0.4, -0.2) is 32.4 Å². The second-order valence-electron chi connectivity index (χ2n) is 5.41. The van der Waals surface area contributed by atoms with Gasteiger partial charge in [-0.15, -0.1) is 0 Å². The molecule has 138 valence electrons. The summed E-state index contributed by atoms with van der Waals surface area (Å²) in [7, 11) is -4.07. The molecule has 2 aromatic carbocycles. The van der Waals surface area contributed by atoms with Gasteiger partial charge in [-0.25, -0.2) is 0 Å². The molecule has 0 amide bonds. The van der Waals surface area contributed by atoms with E-state index in [-0.39, 0.29) is 24.9 Å². The molecule has 0 N–H and O–H groups in total. The summed E-state index contributed by atoms with van der Waals surface area (Å²) in [5, 5.41) is -4.15. The Balaban J connectivity index is 2.33. The number of hydrogen-bond acceptors (Lipinski definition) is 2. The standard InChI is InChI=1S/C16H10Br2F3NO2SSe/c1-9-2-5-11(6-3-9)25(23,24)22-13-8-10(17)4-7-12(13)14(15(22)18)26-16(19,20)21/h2-8H,1H3. The fraction of sp³-hybridized carbons (Fsp3) is 0.125. The number of aromatic nitrogens is 1. The molecule has 26 heavy (non-hydrogen) atoms. The van der Waals surface area contributed by atoms with Crippen LogP contribution in [0.5, 0.6) is 0 Å². The Bertz CT molecular complexity index is 1090. The summed E-state index contributed by atoms with van der Waals surface area (Å²) in [6, 6.07) is 10.8. The van der Waals surface area contributed by atoms with Gasteiger partial charge >= 0.3 is 172 Å². The van der Waals surface area contributed by atoms with E-state index < -0.39 is 30.1 Å². The number of fused-ring (bicyclic) bond motifs is 1. The van der Waals surface area contributed by atoms with Crippen molar-refractivity contribution in [2.75, 3.05) is 0 Å². The minimum atomic E-state index is -4.41. The molecule has 0 unspecified atom stereocenters. The van der Waals surface area contributed by atoms with E-state index in [1.165, 1.54) is 24.3 Å². The Morgan fingerprint density at radius 3 is 2.23 bits per heavy atom. The van der Waals surface area contributed by atoms with E-state index in [1.54, 1.807) is 18.2 Å². The van der Waals surface area contributed by atoms with E-state index in [9.17, 15) is 21.6 Å². The number of benzene rings is 2. The fourth-order valence-corrected chi connectivity index (χ4v) is 7.16. The molecule has 0 fully saturated rings. The van der Waals surface area contributed by atoms with Crippen LogP contribution in [0.15, 0.2) is 56.4 Å². The average Bonchev–Trinajstić information content (AvgIpc) is 2.78. The molecule has 0 atom stereocenters. The van der Waals surface area contributed by atoms with Crippen LogP contribution in [0.4, 0.5) is 13.2 Å². The molecule has 0 saturated heterocycles. The van der Waals surface area contributed by atoms with Gasteiger partial charge in [-0.3, -0.25) is 0 Å². The third kappa shape index (κ3) is 3.75. The van der Waals surface area contributed by atoms with E-state index in [0.29, 0.717) is 4.47 Å². The molecule has 0 spiro atoms. The van der Waals surface area contributed by atoms with Crippen molar-refractivity contribution >= 4 is 72.2 Å². The normalized spacial score (nSPS) is 12.7. The first-order valence-corrected chi connectivity index (χ1v) is 11.8. The number of nitrogens with zero attached hydrogens (tertiary/aromatic N) is 1. The van der Waals surface area contributed by atoms with Crippen LogP contribution in [0.25, 0.3) is 10.9 Å². The van der Waals surface area contributed by atoms with Crippen LogP contribution in [0.3, 0.4) is 0 Å². The van der Waals surface area contributed by atoms with Crippen molar-refractivity contribution in [3.63, 3.8) is 0 Å². The number of aryl methyl sites for hydroxylation is 1. The van der Waals surface area contributed by atoms with Gasteiger partial charge in [0, 0.05) is 0 Å². The molecule has 0 aliphatic heterocycles. The van der Waals surface area contributed by atoms with Gasteiger partial charge in [0.25, 0.3) is 0 Å². The van der Waals surface area contributed by atoms with Crippen LogP contribution in [0.2, 0.25) is 0 Å². The van der Waals surface area contributed by atoms with Gasteiger partial charge in [0.2, 0.25) is 0 Å². The quantitative estimate of drug-likeness (QED) is 0.430. The zero-order valence-electron chi connectivity index (χ0n) is 13.0. The number of halogens is 5. The van der Waals surface area contributed by atoms with E-state index in [4.69, 9.17) is 0 Å². The molecule has 0 radical (unpaired) electrons. The van der Waals surface area contributed by atoms with Gasteiger partial charge in [0.05, 0.1) is 0 Å². The van der Waals surface area contributed by atoms with Crippen molar-refractivity contribution in [2.24, 2.45) is 0 Å². The first-order valence-electron chi connectivity index (χ1n) is 7.08. The summed E-state index contributed by atoms with van der Waals surface area (Å²) in [5.41, 5.74) is 1.07. The summed E-state index contributed by atoms with van der Waals surface area (Å²) < 4.78 is 66.7. The van der Waals surface area contributed by atoms with Crippen LogP contribution in [-0.2, 0) is 10.0 Å². The summed E-state index contributed by atoms with van der Waals surface area (Å²) in [5.74, 6) is 0. The molecule has 1 heterocycles. The molecule has 10 heteroatoms. The Labute approximate surface area is 171 Å². The van der Waals surface area contributed by atoms with Crippen LogP contribution < -0.4 is 4.46 Å². The maximum absolute atomic E-state index is 13.1. The van der Waals surface area contributed by atoms with Crippen molar-refractivity contribution in [3.05, 3.63) is 57.1 Å². The van der Waals surface area contributed by atoms with Gasteiger partial charge in [0.1, 0.15) is 0 Å². The van der Waals surface area contributed by atoms with Crippen molar-refractivity contribution < 1.29 is 21.6 Å². The molecule has 3 rings (SSSR count). The third-order valence-electron chi connectivity index (χ3n) is 3.57. The van der Waals surface area contributed by atoms with E-state index in [1.807, 2.05) is 6.92 Å².